The second-order valence-electron chi connectivity index (χ2n) is 7.77. The third kappa shape index (κ3) is 3.07. The van der Waals surface area contributed by atoms with Crippen LogP contribution in [0.4, 0.5) is 9.18 Å². The fourth-order valence-electron chi connectivity index (χ4n) is 4.52. The van der Waals surface area contributed by atoms with E-state index in [1.54, 1.807) is 23.1 Å². The van der Waals surface area contributed by atoms with E-state index in [9.17, 15) is 18.8 Å². The Morgan fingerprint density at radius 2 is 2.11 bits per heavy atom. The van der Waals surface area contributed by atoms with Crippen molar-refractivity contribution in [2.24, 2.45) is 5.92 Å². The first-order valence-corrected chi connectivity index (χ1v) is 10.8. The van der Waals surface area contributed by atoms with E-state index in [2.05, 4.69) is 5.32 Å². The summed E-state index contributed by atoms with van der Waals surface area (Å²) >= 11 is 1.49. The number of carbonyl (C=O) groups excluding carboxylic acids is 3. The minimum Gasteiger partial charge on any atom is -0.324 e. The maximum absolute atomic E-state index is 14.2. The first-order chi connectivity index (χ1) is 13.4. The highest BCUT2D eigenvalue weighted by molar-refractivity contribution is 7.99. The number of amides is 4. The molecule has 3 fully saturated rings. The number of benzene rings is 1. The third-order valence-corrected chi connectivity index (χ3v) is 7.42. The van der Waals surface area contributed by atoms with Crippen LogP contribution in [-0.4, -0.2) is 52.0 Å². The minimum atomic E-state index is -0.875. The van der Waals surface area contributed by atoms with E-state index in [-0.39, 0.29) is 30.1 Å². The molecule has 2 aliphatic heterocycles. The zero-order valence-corrected chi connectivity index (χ0v) is 16.6. The maximum atomic E-state index is 14.2. The van der Waals surface area contributed by atoms with Crippen molar-refractivity contribution in [1.82, 2.24) is 15.1 Å². The Balaban J connectivity index is 1.51. The summed E-state index contributed by atoms with van der Waals surface area (Å²) in [6.45, 7) is 2.15. The van der Waals surface area contributed by atoms with Gasteiger partial charge < -0.3 is 10.2 Å². The number of carbonyl (C=O) groups is 3. The monoisotopic (exact) mass is 405 g/mol. The van der Waals surface area contributed by atoms with Crippen LogP contribution in [0.15, 0.2) is 24.3 Å². The molecule has 28 heavy (non-hydrogen) atoms. The number of imide groups is 1. The van der Waals surface area contributed by atoms with Crippen molar-refractivity contribution in [2.45, 2.75) is 43.5 Å². The van der Waals surface area contributed by atoms with Crippen molar-refractivity contribution in [3.8, 4) is 0 Å². The average molecular weight is 405 g/mol. The second kappa shape index (κ2) is 7.39. The Labute approximate surface area is 167 Å². The Morgan fingerprint density at radius 1 is 1.32 bits per heavy atom. The van der Waals surface area contributed by atoms with Crippen LogP contribution >= 0.6 is 11.8 Å². The first kappa shape index (κ1) is 19.2. The van der Waals surface area contributed by atoms with Crippen LogP contribution in [0.25, 0.3) is 0 Å². The minimum absolute atomic E-state index is 0.0475. The molecule has 0 aromatic heterocycles. The topological polar surface area (TPSA) is 69.7 Å². The molecule has 4 rings (SSSR count). The smallest absolute Gasteiger partial charge is 0.324 e. The van der Waals surface area contributed by atoms with Gasteiger partial charge in [-0.25, -0.2) is 9.18 Å². The summed E-state index contributed by atoms with van der Waals surface area (Å²) in [6, 6.07) is 5.91. The summed E-state index contributed by atoms with van der Waals surface area (Å²) in [6.07, 6.45) is 3.42. The van der Waals surface area contributed by atoms with Crippen LogP contribution in [-0.2, 0) is 9.59 Å². The van der Waals surface area contributed by atoms with Gasteiger partial charge in [-0.3, -0.25) is 14.5 Å². The molecule has 4 amide bonds. The fourth-order valence-corrected chi connectivity index (χ4v) is 5.82. The number of rotatable bonds is 3. The fraction of sp³-hybridized carbons (Fsp3) is 0.550. The molecule has 1 N–H and O–H groups in total. The molecular formula is C20H24FN3O3S. The molecule has 1 spiro atoms. The predicted molar refractivity (Wildman–Crippen MR) is 104 cm³/mol. The zero-order chi connectivity index (χ0) is 19.9. The Kier molecular flexibility index (Phi) is 5.07. The third-order valence-electron chi connectivity index (χ3n) is 6.18. The van der Waals surface area contributed by atoms with Gasteiger partial charge in [0.1, 0.15) is 23.3 Å². The van der Waals surface area contributed by atoms with Crippen LogP contribution in [0.2, 0.25) is 0 Å². The molecule has 0 unspecified atom stereocenters. The van der Waals surface area contributed by atoms with E-state index < -0.39 is 16.9 Å². The van der Waals surface area contributed by atoms with Crippen molar-refractivity contribution in [2.75, 3.05) is 18.8 Å². The summed E-state index contributed by atoms with van der Waals surface area (Å²) in [7, 11) is 0. The number of thioether (sulfide) groups is 1. The van der Waals surface area contributed by atoms with Gasteiger partial charge in [0.25, 0.3) is 5.91 Å². The highest BCUT2D eigenvalue weighted by Gasteiger charge is 2.55. The van der Waals surface area contributed by atoms with Gasteiger partial charge in [0.05, 0.1) is 0 Å². The normalized spacial score (nSPS) is 30.2. The van der Waals surface area contributed by atoms with Gasteiger partial charge in [-0.05, 0) is 24.8 Å². The number of urea groups is 1. The molecule has 1 aromatic rings. The van der Waals surface area contributed by atoms with Gasteiger partial charge in [0, 0.05) is 17.9 Å². The van der Waals surface area contributed by atoms with Gasteiger partial charge in [0.15, 0.2) is 0 Å². The van der Waals surface area contributed by atoms with Crippen LogP contribution < -0.4 is 5.32 Å². The number of nitrogens with zero attached hydrogens (tertiary/aromatic N) is 2. The van der Waals surface area contributed by atoms with Crippen molar-refractivity contribution in [3.05, 3.63) is 35.6 Å². The summed E-state index contributed by atoms with van der Waals surface area (Å²) < 4.78 is 14.2. The van der Waals surface area contributed by atoms with Gasteiger partial charge in [-0.15, -0.1) is 11.8 Å². The molecule has 1 aliphatic carbocycles. The highest BCUT2D eigenvalue weighted by atomic mass is 32.2. The molecule has 2 heterocycles. The van der Waals surface area contributed by atoms with Gasteiger partial charge in [-0.1, -0.05) is 38.0 Å². The Bertz CT molecular complexity index is 820. The Morgan fingerprint density at radius 3 is 2.86 bits per heavy atom. The van der Waals surface area contributed by atoms with Crippen molar-refractivity contribution >= 4 is 29.6 Å². The molecule has 150 valence electrons. The van der Waals surface area contributed by atoms with E-state index in [1.807, 2.05) is 6.92 Å². The Hall–Kier alpha value is -2.09. The lowest BCUT2D eigenvalue weighted by Crippen LogP contribution is -2.54. The van der Waals surface area contributed by atoms with Gasteiger partial charge >= 0.3 is 6.03 Å². The van der Waals surface area contributed by atoms with Crippen molar-refractivity contribution in [1.29, 1.82) is 0 Å². The second-order valence-corrected chi connectivity index (χ2v) is 8.96. The number of nitrogens with one attached hydrogen (secondary N) is 1. The molecule has 3 atom stereocenters. The summed E-state index contributed by atoms with van der Waals surface area (Å²) in [5.74, 6) is -0.253. The summed E-state index contributed by atoms with van der Waals surface area (Å²) in [5, 5.41) is 2.44. The van der Waals surface area contributed by atoms with Gasteiger partial charge in [0.2, 0.25) is 5.91 Å². The maximum Gasteiger partial charge on any atom is 0.325 e. The van der Waals surface area contributed by atoms with Gasteiger partial charge in [-0.2, -0.15) is 0 Å². The predicted octanol–water partition coefficient (Wildman–Crippen LogP) is 2.90. The first-order valence-electron chi connectivity index (χ1n) is 9.73. The summed E-state index contributed by atoms with van der Waals surface area (Å²) in [4.78, 5) is 41.2. The number of hydrogen-bond donors (Lipinski definition) is 1. The molecular weight excluding hydrogens is 381 g/mol. The van der Waals surface area contributed by atoms with Crippen LogP contribution in [0.5, 0.6) is 0 Å². The molecule has 1 saturated carbocycles. The molecule has 1 aromatic carbocycles. The lowest BCUT2D eigenvalue weighted by molar-refractivity contribution is -0.140. The standard InChI is InChI=1S/C20H24FN3O3S/c1-13-6-4-5-9-20(13)18(26)24(19(27)22-20)12-16(25)23-10-11-28-17(23)14-7-2-3-8-15(14)21/h2-3,7-8,13,17H,4-6,9-12H2,1H3,(H,22,27)/t13-,17-,20+/m1/s1. The molecule has 3 aliphatic rings. The van der Waals surface area contributed by atoms with E-state index >= 15 is 0 Å². The molecule has 6 nitrogen and oxygen atoms in total. The quantitative estimate of drug-likeness (QED) is 0.785. The molecule has 8 heteroatoms. The van der Waals surface area contributed by atoms with Crippen molar-refractivity contribution < 1.29 is 18.8 Å². The van der Waals surface area contributed by atoms with Crippen LogP contribution in [0.1, 0.15) is 43.5 Å². The van der Waals surface area contributed by atoms with Crippen molar-refractivity contribution in [3.63, 3.8) is 0 Å². The molecule has 0 bridgehead atoms. The lowest BCUT2D eigenvalue weighted by atomic mass is 9.73. The average Bonchev–Trinajstić information content (AvgIpc) is 3.24. The molecule has 2 saturated heterocycles. The highest BCUT2D eigenvalue weighted by Crippen LogP contribution is 2.40. The SMILES string of the molecule is C[C@@H]1CCCC[C@]12NC(=O)N(CC(=O)N1CCS[C@@H]1c1ccccc1F)C2=O. The molecule has 0 radical (unpaired) electrons. The lowest BCUT2D eigenvalue weighted by Gasteiger charge is -2.36. The van der Waals surface area contributed by atoms with Crippen LogP contribution in [0.3, 0.4) is 0 Å². The van der Waals surface area contributed by atoms with Crippen LogP contribution in [0, 0.1) is 11.7 Å². The number of hydrogen-bond acceptors (Lipinski definition) is 4. The van der Waals surface area contributed by atoms with E-state index in [0.717, 1.165) is 24.2 Å². The van der Waals surface area contributed by atoms with E-state index in [1.165, 1.54) is 17.8 Å². The summed E-state index contributed by atoms with van der Waals surface area (Å²) in [5.41, 5.74) is -0.423. The zero-order valence-electron chi connectivity index (χ0n) is 15.8. The van der Waals surface area contributed by atoms with E-state index in [0.29, 0.717) is 24.3 Å². The number of halogens is 1. The largest absolute Gasteiger partial charge is 0.325 e. The van der Waals surface area contributed by atoms with E-state index in [4.69, 9.17) is 0 Å².